The highest BCUT2D eigenvalue weighted by Gasteiger charge is 2.06. The van der Waals surface area contributed by atoms with Crippen LogP contribution in [0.3, 0.4) is 0 Å². The van der Waals surface area contributed by atoms with Gasteiger partial charge in [0, 0.05) is 9.86 Å². The molecule has 0 spiro atoms. The van der Waals surface area contributed by atoms with Gasteiger partial charge in [0.15, 0.2) is 0 Å². The van der Waals surface area contributed by atoms with Gasteiger partial charge in [0.25, 0.3) is 0 Å². The average molecular weight is 349 g/mol. The molecule has 0 aliphatic heterocycles. The average Bonchev–Trinajstić information content (AvgIpc) is 2.15. The molecule has 0 amide bonds. The normalized spacial score (nSPS) is 10.6. The summed E-state index contributed by atoms with van der Waals surface area (Å²) in [6.45, 7) is 0. The van der Waals surface area contributed by atoms with E-state index in [4.69, 9.17) is 0 Å². The van der Waals surface area contributed by atoms with Crippen LogP contribution < -0.4 is 0 Å². The van der Waals surface area contributed by atoms with Crippen molar-refractivity contribution in [3.05, 3.63) is 38.4 Å². The van der Waals surface area contributed by atoms with E-state index in [1.807, 2.05) is 30.3 Å². The molecule has 2 aromatic carbocycles. The lowest BCUT2D eigenvalue weighted by Gasteiger charge is -2.04. The summed E-state index contributed by atoms with van der Waals surface area (Å²) in [4.78, 5) is 0. The molecule has 2 rings (SSSR count). The number of benzene rings is 2. The molecule has 0 atom stereocenters. The monoisotopic (exact) mass is 348 g/mol. The summed E-state index contributed by atoms with van der Waals surface area (Å²) in [6.07, 6.45) is 0. The van der Waals surface area contributed by atoms with E-state index in [-0.39, 0.29) is 0 Å². The molecule has 0 aromatic heterocycles. The van der Waals surface area contributed by atoms with E-state index < -0.39 is 0 Å². The van der Waals surface area contributed by atoms with Gasteiger partial charge in [-0.2, -0.15) is 0 Å². The summed E-state index contributed by atoms with van der Waals surface area (Å²) in [6, 6.07) is 9.69. The highest BCUT2D eigenvalue weighted by molar-refractivity contribution is 14.1. The van der Waals surface area contributed by atoms with E-state index in [1.165, 1.54) is 0 Å². The summed E-state index contributed by atoms with van der Waals surface area (Å²) in [7, 11) is 0. The molecule has 0 aliphatic rings. The molecule has 3 heteroatoms. The summed E-state index contributed by atoms with van der Waals surface area (Å²) in [5.41, 5.74) is 0. The summed E-state index contributed by atoms with van der Waals surface area (Å²) in [5, 5.41) is 11.7. The van der Waals surface area contributed by atoms with Crippen LogP contribution in [0, 0.1) is 3.57 Å². The first-order valence-corrected chi connectivity index (χ1v) is 5.63. The van der Waals surface area contributed by atoms with Crippen LogP contribution in [-0.2, 0) is 0 Å². The molecule has 66 valence electrons. The zero-order valence-electron chi connectivity index (χ0n) is 6.59. The predicted octanol–water partition coefficient (Wildman–Crippen LogP) is 3.91. The Kier molecular flexibility index (Phi) is 2.47. The van der Waals surface area contributed by atoms with Gasteiger partial charge < -0.3 is 5.11 Å². The third kappa shape index (κ3) is 1.55. The van der Waals surface area contributed by atoms with Gasteiger partial charge in [0.05, 0.1) is 3.57 Å². The Morgan fingerprint density at radius 2 is 1.77 bits per heavy atom. The fourth-order valence-corrected chi connectivity index (χ4v) is 2.89. The molecule has 0 bridgehead atoms. The molecule has 0 radical (unpaired) electrons. The van der Waals surface area contributed by atoms with Crippen molar-refractivity contribution in [1.29, 1.82) is 0 Å². The Hall–Kier alpha value is -0.290. The first kappa shape index (κ1) is 9.27. The van der Waals surface area contributed by atoms with Crippen molar-refractivity contribution < 1.29 is 5.11 Å². The summed E-state index contributed by atoms with van der Waals surface area (Å²) in [5.74, 6) is 0.361. The number of hydrogen-bond donors (Lipinski definition) is 1. The molecule has 0 unspecified atom stereocenters. The lowest BCUT2D eigenvalue weighted by molar-refractivity contribution is 0.478. The molecule has 1 nitrogen and oxygen atoms in total. The van der Waals surface area contributed by atoms with Crippen LogP contribution in [0.4, 0.5) is 0 Å². The van der Waals surface area contributed by atoms with Gasteiger partial charge >= 0.3 is 0 Å². The second-order valence-electron chi connectivity index (χ2n) is 2.73. The molecule has 2 aromatic rings. The van der Waals surface area contributed by atoms with Gasteiger partial charge in [-0.15, -0.1) is 0 Å². The third-order valence-electron chi connectivity index (χ3n) is 1.92. The van der Waals surface area contributed by atoms with Crippen LogP contribution in [0.5, 0.6) is 5.75 Å². The predicted molar refractivity (Wildman–Crippen MR) is 66.0 cm³/mol. The molecule has 13 heavy (non-hydrogen) atoms. The first-order chi connectivity index (χ1) is 6.20. The number of hydrogen-bond acceptors (Lipinski definition) is 1. The Labute approximate surface area is 98.0 Å². The van der Waals surface area contributed by atoms with Crippen molar-refractivity contribution in [1.82, 2.24) is 0 Å². The summed E-state index contributed by atoms with van der Waals surface area (Å²) < 4.78 is 1.88. The third-order valence-corrected chi connectivity index (χ3v) is 3.40. The Bertz CT molecular complexity index is 468. The maximum absolute atomic E-state index is 9.75. The van der Waals surface area contributed by atoms with E-state index in [9.17, 15) is 5.11 Å². The van der Waals surface area contributed by atoms with E-state index in [0.717, 1.165) is 18.8 Å². The number of aromatic hydroxyl groups is 1. The highest BCUT2D eigenvalue weighted by Crippen LogP contribution is 2.34. The molecule has 0 saturated carbocycles. The Morgan fingerprint density at radius 1 is 1.15 bits per heavy atom. The summed E-state index contributed by atoms with van der Waals surface area (Å²) >= 11 is 5.58. The van der Waals surface area contributed by atoms with Crippen LogP contribution in [0.15, 0.2) is 34.8 Å². The van der Waals surface area contributed by atoms with Crippen molar-refractivity contribution >= 4 is 49.3 Å². The van der Waals surface area contributed by atoms with Gasteiger partial charge in [0.2, 0.25) is 0 Å². The van der Waals surface area contributed by atoms with E-state index in [2.05, 4.69) is 38.5 Å². The molecule has 0 saturated heterocycles. The van der Waals surface area contributed by atoms with E-state index in [1.54, 1.807) is 0 Å². The number of phenolic OH excluding ortho intramolecular Hbond substituents is 1. The van der Waals surface area contributed by atoms with Crippen LogP contribution in [0.25, 0.3) is 10.8 Å². The van der Waals surface area contributed by atoms with Crippen molar-refractivity contribution in [2.45, 2.75) is 0 Å². The second-order valence-corrected chi connectivity index (χ2v) is 4.75. The SMILES string of the molecule is Oc1c(I)cc(Br)c2ccccc12. The van der Waals surface area contributed by atoms with Gasteiger partial charge in [-0.1, -0.05) is 40.2 Å². The number of fused-ring (bicyclic) bond motifs is 1. The standard InChI is InChI=1S/C10H6BrIO/c11-8-5-9(12)10(13)7-4-2-1-3-6(7)8/h1-5,13H. The quantitative estimate of drug-likeness (QED) is 0.715. The highest BCUT2D eigenvalue weighted by atomic mass is 127. The zero-order chi connectivity index (χ0) is 9.42. The zero-order valence-corrected chi connectivity index (χ0v) is 10.3. The molecule has 1 N–H and O–H groups in total. The van der Waals surface area contributed by atoms with Crippen molar-refractivity contribution in [3.8, 4) is 5.75 Å². The van der Waals surface area contributed by atoms with Crippen molar-refractivity contribution in [2.75, 3.05) is 0 Å². The smallest absolute Gasteiger partial charge is 0.136 e. The number of rotatable bonds is 0. The minimum absolute atomic E-state index is 0.361. The minimum Gasteiger partial charge on any atom is -0.506 e. The second kappa shape index (κ2) is 3.46. The Morgan fingerprint density at radius 3 is 2.46 bits per heavy atom. The van der Waals surface area contributed by atoms with E-state index >= 15 is 0 Å². The maximum Gasteiger partial charge on any atom is 0.136 e. The molecule has 0 fully saturated rings. The largest absolute Gasteiger partial charge is 0.506 e. The van der Waals surface area contributed by atoms with Crippen LogP contribution in [0.1, 0.15) is 0 Å². The lowest BCUT2D eigenvalue weighted by atomic mass is 10.1. The molecule has 0 heterocycles. The van der Waals surface area contributed by atoms with Gasteiger partial charge in [-0.25, -0.2) is 0 Å². The lowest BCUT2D eigenvalue weighted by Crippen LogP contribution is -1.79. The van der Waals surface area contributed by atoms with Crippen molar-refractivity contribution in [3.63, 3.8) is 0 Å². The Balaban J connectivity index is 2.97. The number of halogens is 2. The van der Waals surface area contributed by atoms with Crippen LogP contribution >= 0.6 is 38.5 Å². The van der Waals surface area contributed by atoms with Gasteiger partial charge in [-0.3, -0.25) is 0 Å². The van der Waals surface area contributed by atoms with Gasteiger partial charge in [-0.05, 0) is 34.0 Å². The molecule has 0 aliphatic carbocycles. The minimum atomic E-state index is 0.361. The van der Waals surface area contributed by atoms with Gasteiger partial charge in [0.1, 0.15) is 5.75 Å². The van der Waals surface area contributed by atoms with E-state index in [0.29, 0.717) is 5.75 Å². The van der Waals surface area contributed by atoms with Crippen LogP contribution in [-0.4, -0.2) is 5.11 Å². The number of phenols is 1. The molecular formula is C10H6BrIO. The fraction of sp³-hybridized carbons (Fsp3) is 0. The first-order valence-electron chi connectivity index (χ1n) is 3.76. The maximum atomic E-state index is 9.75. The molecular weight excluding hydrogens is 343 g/mol. The fourth-order valence-electron chi connectivity index (χ4n) is 1.28. The van der Waals surface area contributed by atoms with Crippen LogP contribution in [0.2, 0.25) is 0 Å². The van der Waals surface area contributed by atoms with Crippen molar-refractivity contribution in [2.24, 2.45) is 0 Å². The topological polar surface area (TPSA) is 20.2 Å².